The van der Waals surface area contributed by atoms with Gasteiger partial charge in [-0.25, -0.2) is 4.98 Å². The third-order valence-corrected chi connectivity index (χ3v) is 4.29. The molecule has 1 saturated heterocycles. The lowest BCUT2D eigenvalue weighted by molar-refractivity contribution is 0.0940. The van der Waals surface area contributed by atoms with Crippen LogP contribution in [0.15, 0.2) is 0 Å². The fraction of sp³-hybridized carbons (Fsp3) is 0.733. The van der Waals surface area contributed by atoms with Crippen molar-refractivity contribution >= 4 is 5.91 Å². The summed E-state index contributed by atoms with van der Waals surface area (Å²) in [6.45, 7) is 8.50. The molecule has 110 valence electrons. The monoisotopic (exact) mass is 276 g/mol. The van der Waals surface area contributed by atoms with Crippen molar-refractivity contribution in [3.63, 3.8) is 0 Å². The van der Waals surface area contributed by atoms with E-state index in [1.165, 1.54) is 25.9 Å². The van der Waals surface area contributed by atoms with E-state index in [1.807, 2.05) is 0 Å². The molecule has 3 rings (SSSR count). The number of carbonyl (C=O) groups is 1. The van der Waals surface area contributed by atoms with Gasteiger partial charge in [0.2, 0.25) is 0 Å². The van der Waals surface area contributed by atoms with Crippen molar-refractivity contribution in [2.75, 3.05) is 26.2 Å². The Morgan fingerprint density at radius 2 is 2.05 bits per heavy atom. The maximum atomic E-state index is 12.1. The first-order valence-electron chi connectivity index (χ1n) is 7.62. The van der Waals surface area contributed by atoms with E-state index >= 15 is 0 Å². The van der Waals surface area contributed by atoms with Crippen molar-refractivity contribution in [2.24, 2.45) is 5.41 Å². The van der Waals surface area contributed by atoms with Crippen LogP contribution in [-0.4, -0.2) is 47.0 Å². The SMILES string of the molecule is CC1(C)CNC(=O)c2nc(CCN3CCCC3)[nH]c2C1. The second-order valence-electron chi connectivity index (χ2n) is 6.83. The minimum atomic E-state index is -0.0331. The van der Waals surface area contributed by atoms with Crippen LogP contribution in [0.5, 0.6) is 0 Å². The van der Waals surface area contributed by atoms with Crippen molar-refractivity contribution in [1.82, 2.24) is 20.2 Å². The molecular weight excluding hydrogens is 252 g/mol. The van der Waals surface area contributed by atoms with E-state index in [0.717, 1.165) is 30.9 Å². The topological polar surface area (TPSA) is 61.0 Å². The van der Waals surface area contributed by atoms with Gasteiger partial charge in [-0.2, -0.15) is 0 Å². The molecule has 2 N–H and O–H groups in total. The Bertz CT molecular complexity index is 500. The third kappa shape index (κ3) is 2.87. The fourth-order valence-corrected chi connectivity index (χ4v) is 3.11. The normalized spacial score (nSPS) is 22.4. The lowest BCUT2D eigenvalue weighted by Gasteiger charge is -2.21. The molecule has 1 aromatic rings. The van der Waals surface area contributed by atoms with E-state index in [-0.39, 0.29) is 11.3 Å². The molecule has 2 aliphatic rings. The van der Waals surface area contributed by atoms with Crippen LogP contribution in [0.25, 0.3) is 0 Å². The molecule has 1 amide bonds. The van der Waals surface area contributed by atoms with Gasteiger partial charge in [0.05, 0.1) is 0 Å². The van der Waals surface area contributed by atoms with E-state index in [9.17, 15) is 4.79 Å². The van der Waals surface area contributed by atoms with Gasteiger partial charge in [-0.15, -0.1) is 0 Å². The Labute approximate surface area is 120 Å². The first-order valence-corrected chi connectivity index (χ1v) is 7.62. The van der Waals surface area contributed by atoms with Crippen molar-refractivity contribution < 1.29 is 4.79 Å². The number of likely N-dealkylation sites (tertiary alicyclic amines) is 1. The predicted octanol–water partition coefficient (Wildman–Crippen LogP) is 1.36. The molecule has 0 aromatic carbocycles. The van der Waals surface area contributed by atoms with E-state index in [0.29, 0.717) is 12.2 Å². The van der Waals surface area contributed by atoms with Crippen molar-refractivity contribution in [3.05, 3.63) is 17.2 Å². The maximum absolute atomic E-state index is 12.1. The summed E-state index contributed by atoms with van der Waals surface area (Å²) in [6, 6.07) is 0. The summed E-state index contributed by atoms with van der Waals surface area (Å²) in [5.41, 5.74) is 1.69. The molecule has 0 spiro atoms. The number of imidazole rings is 1. The molecule has 1 fully saturated rings. The van der Waals surface area contributed by atoms with E-state index in [1.54, 1.807) is 0 Å². The molecule has 0 unspecified atom stereocenters. The second kappa shape index (κ2) is 5.20. The zero-order valence-electron chi connectivity index (χ0n) is 12.5. The van der Waals surface area contributed by atoms with E-state index in [2.05, 4.69) is 34.0 Å². The molecule has 1 aromatic heterocycles. The van der Waals surface area contributed by atoms with Gasteiger partial charge < -0.3 is 15.2 Å². The molecule has 0 atom stereocenters. The van der Waals surface area contributed by atoms with Crippen LogP contribution >= 0.6 is 0 Å². The number of carbonyl (C=O) groups excluding carboxylic acids is 1. The molecule has 0 bridgehead atoms. The Kier molecular flexibility index (Phi) is 3.54. The third-order valence-electron chi connectivity index (χ3n) is 4.29. The molecule has 2 aliphatic heterocycles. The van der Waals surface area contributed by atoms with Crippen LogP contribution < -0.4 is 5.32 Å². The first kappa shape index (κ1) is 13.6. The zero-order valence-corrected chi connectivity index (χ0v) is 12.5. The van der Waals surface area contributed by atoms with Gasteiger partial charge in [-0.1, -0.05) is 13.8 Å². The highest BCUT2D eigenvalue weighted by Crippen LogP contribution is 2.25. The minimum Gasteiger partial charge on any atom is -0.350 e. The average Bonchev–Trinajstić information content (AvgIpc) is 3.00. The number of nitrogens with one attached hydrogen (secondary N) is 2. The van der Waals surface area contributed by atoms with Gasteiger partial charge in [0.25, 0.3) is 5.91 Å². The fourth-order valence-electron chi connectivity index (χ4n) is 3.11. The Morgan fingerprint density at radius 3 is 2.80 bits per heavy atom. The van der Waals surface area contributed by atoms with Gasteiger partial charge in [-0.3, -0.25) is 4.79 Å². The molecule has 0 saturated carbocycles. The standard InChI is InChI=1S/C15H24N4O/c1-15(2)9-11-13(14(20)16-10-15)18-12(17-11)5-8-19-6-3-4-7-19/h3-10H2,1-2H3,(H,16,20)(H,17,18). The van der Waals surface area contributed by atoms with Gasteiger partial charge in [0.15, 0.2) is 0 Å². The molecule has 5 heteroatoms. The lowest BCUT2D eigenvalue weighted by atomic mass is 9.88. The quantitative estimate of drug-likeness (QED) is 0.876. The number of hydrogen-bond donors (Lipinski definition) is 2. The molecule has 0 radical (unpaired) electrons. The van der Waals surface area contributed by atoms with Crippen LogP contribution in [0.2, 0.25) is 0 Å². The highest BCUT2D eigenvalue weighted by atomic mass is 16.1. The summed E-state index contributed by atoms with van der Waals surface area (Å²) in [7, 11) is 0. The predicted molar refractivity (Wildman–Crippen MR) is 77.8 cm³/mol. The Morgan fingerprint density at radius 1 is 1.30 bits per heavy atom. The highest BCUT2D eigenvalue weighted by Gasteiger charge is 2.29. The van der Waals surface area contributed by atoms with Crippen molar-refractivity contribution in [2.45, 2.75) is 39.5 Å². The van der Waals surface area contributed by atoms with Crippen molar-refractivity contribution in [1.29, 1.82) is 0 Å². The number of aromatic amines is 1. The van der Waals surface area contributed by atoms with Gasteiger partial charge in [0.1, 0.15) is 11.5 Å². The lowest BCUT2D eigenvalue weighted by Crippen LogP contribution is -2.32. The summed E-state index contributed by atoms with van der Waals surface area (Å²) >= 11 is 0. The van der Waals surface area contributed by atoms with Crippen LogP contribution in [0.4, 0.5) is 0 Å². The summed E-state index contributed by atoms with van der Waals surface area (Å²) in [5, 5.41) is 2.97. The number of fused-ring (bicyclic) bond motifs is 1. The maximum Gasteiger partial charge on any atom is 0.271 e. The van der Waals surface area contributed by atoms with Gasteiger partial charge >= 0.3 is 0 Å². The average molecular weight is 276 g/mol. The molecule has 0 aliphatic carbocycles. The van der Waals surface area contributed by atoms with Gasteiger partial charge in [-0.05, 0) is 37.8 Å². The second-order valence-corrected chi connectivity index (χ2v) is 6.83. The molecule has 20 heavy (non-hydrogen) atoms. The summed E-state index contributed by atoms with van der Waals surface area (Å²) in [5.74, 6) is 0.920. The summed E-state index contributed by atoms with van der Waals surface area (Å²) < 4.78 is 0. The number of hydrogen-bond acceptors (Lipinski definition) is 3. The number of amides is 1. The number of rotatable bonds is 3. The van der Waals surface area contributed by atoms with Gasteiger partial charge in [0, 0.05) is 25.2 Å². The van der Waals surface area contributed by atoms with E-state index < -0.39 is 0 Å². The molecule has 5 nitrogen and oxygen atoms in total. The smallest absolute Gasteiger partial charge is 0.271 e. The summed E-state index contributed by atoms with van der Waals surface area (Å²) in [6.07, 6.45) is 4.40. The van der Waals surface area contributed by atoms with Crippen LogP contribution in [0.3, 0.4) is 0 Å². The minimum absolute atomic E-state index is 0.0331. The Balaban J connectivity index is 1.72. The van der Waals surface area contributed by atoms with E-state index in [4.69, 9.17) is 0 Å². The van der Waals surface area contributed by atoms with Crippen molar-refractivity contribution in [3.8, 4) is 0 Å². The number of aromatic nitrogens is 2. The zero-order chi connectivity index (χ0) is 14.2. The largest absolute Gasteiger partial charge is 0.350 e. The number of H-pyrrole nitrogens is 1. The highest BCUT2D eigenvalue weighted by molar-refractivity contribution is 5.93. The molecular formula is C15H24N4O. The van der Waals surface area contributed by atoms with Crippen LogP contribution in [0, 0.1) is 5.41 Å². The number of nitrogens with zero attached hydrogens (tertiary/aromatic N) is 2. The first-order chi connectivity index (χ1) is 9.53. The Hall–Kier alpha value is -1.36. The summed E-state index contributed by atoms with van der Waals surface area (Å²) in [4.78, 5) is 22.4. The molecule has 3 heterocycles. The van der Waals surface area contributed by atoms with Crippen LogP contribution in [-0.2, 0) is 12.8 Å². The van der Waals surface area contributed by atoms with Crippen LogP contribution in [0.1, 0.15) is 48.7 Å².